The van der Waals surface area contributed by atoms with Gasteiger partial charge in [-0.15, -0.1) is 0 Å². The van der Waals surface area contributed by atoms with E-state index in [1.54, 1.807) is 0 Å². The van der Waals surface area contributed by atoms with Crippen LogP contribution in [0.15, 0.2) is 133 Å². The summed E-state index contributed by atoms with van der Waals surface area (Å²) in [7, 11) is 0. The molecule has 1 atom stereocenters. The molecule has 1 aliphatic rings. The van der Waals surface area contributed by atoms with Crippen molar-refractivity contribution in [2.75, 3.05) is 4.90 Å². The predicted octanol–water partition coefficient (Wildman–Crippen LogP) is 11.1. The Morgan fingerprint density at radius 2 is 1.24 bits per heavy atom. The van der Waals surface area contributed by atoms with Crippen LogP contribution in [-0.4, -0.2) is 6.04 Å². The number of rotatable bonds is 8. The summed E-state index contributed by atoms with van der Waals surface area (Å²) in [4.78, 5) is 2.54. The highest BCUT2D eigenvalue weighted by atomic mass is 15.2. The van der Waals surface area contributed by atoms with Crippen LogP contribution in [0.3, 0.4) is 0 Å². The molecule has 0 amide bonds. The van der Waals surface area contributed by atoms with Crippen LogP contribution in [0.1, 0.15) is 57.2 Å². The van der Waals surface area contributed by atoms with E-state index in [4.69, 9.17) is 0 Å². The molecule has 1 unspecified atom stereocenters. The van der Waals surface area contributed by atoms with Crippen molar-refractivity contribution >= 4 is 16.9 Å². The van der Waals surface area contributed by atoms with Crippen molar-refractivity contribution in [2.24, 2.45) is 0 Å². The van der Waals surface area contributed by atoms with Crippen LogP contribution in [-0.2, 0) is 5.41 Å². The summed E-state index contributed by atoms with van der Waals surface area (Å²) in [6, 6.07) is 46.9. The van der Waals surface area contributed by atoms with Crippen LogP contribution in [0.4, 0.5) is 11.4 Å². The van der Waals surface area contributed by atoms with E-state index < -0.39 is 0 Å². The Morgan fingerprint density at radius 3 is 1.95 bits per heavy atom. The fourth-order valence-electron chi connectivity index (χ4n) is 6.57. The lowest BCUT2D eigenvalue weighted by atomic mass is 9.82. The Bertz CT molecular complexity index is 1660. The van der Waals surface area contributed by atoms with Gasteiger partial charge in [0, 0.05) is 22.8 Å². The van der Waals surface area contributed by atoms with E-state index in [1.807, 2.05) is 0 Å². The number of anilines is 2. The molecule has 204 valence electrons. The zero-order chi connectivity index (χ0) is 28.4. The number of hydrogen-bond donors (Lipinski definition) is 0. The largest absolute Gasteiger partial charge is 0.338 e. The van der Waals surface area contributed by atoms with Gasteiger partial charge in [-0.2, -0.15) is 0 Å². The maximum Gasteiger partial charge on any atom is 0.0416 e. The molecule has 0 radical (unpaired) electrons. The van der Waals surface area contributed by atoms with Gasteiger partial charge < -0.3 is 4.90 Å². The summed E-state index contributed by atoms with van der Waals surface area (Å²) in [5.41, 5.74) is 13.2. The quantitative estimate of drug-likeness (QED) is 0.192. The molecule has 5 aromatic rings. The minimum absolute atomic E-state index is 0.0364. The van der Waals surface area contributed by atoms with Gasteiger partial charge >= 0.3 is 0 Å². The molecule has 6 rings (SSSR count). The van der Waals surface area contributed by atoms with E-state index in [0.29, 0.717) is 0 Å². The van der Waals surface area contributed by atoms with E-state index in [2.05, 4.69) is 166 Å². The average Bonchev–Trinajstić information content (AvgIpc) is 3.24. The molecule has 0 saturated carbocycles. The molecule has 0 spiro atoms. The van der Waals surface area contributed by atoms with Crippen molar-refractivity contribution in [3.8, 4) is 22.3 Å². The topological polar surface area (TPSA) is 3.24 Å². The monoisotopic (exact) mass is 533 g/mol. The second kappa shape index (κ2) is 11.3. The van der Waals surface area contributed by atoms with Gasteiger partial charge in [-0.3, -0.25) is 0 Å². The molecule has 5 aromatic carbocycles. The molecular formula is C40H39N. The first kappa shape index (κ1) is 26.8. The second-order valence-electron chi connectivity index (χ2n) is 11.7. The Balaban J connectivity index is 1.42. The standard InChI is InChI=1S/C40H39N/c1-5-14-33(31-17-10-7-11-18-31)27-29(2)41(34-23-21-32(22-24-34)30-15-8-6-9-16-30)35-25-26-37-36-19-12-13-20-38(36)40(3,4)39(37)28-35/h6-26,28-29H,5,27H2,1-4H3/b33-14+. The number of allylic oxidation sites excluding steroid dienone is 1. The molecule has 0 N–H and O–H groups in total. The van der Waals surface area contributed by atoms with Crippen molar-refractivity contribution in [3.63, 3.8) is 0 Å². The molecule has 0 saturated heterocycles. The van der Waals surface area contributed by atoms with Crippen LogP contribution in [0.5, 0.6) is 0 Å². The lowest BCUT2D eigenvalue weighted by Crippen LogP contribution is -2.29. The molecule has 1 nitrogen and oxygen atoms in total. The number of fused-ring (bicyclic) bond motifs is 3. The number of hydrogen-bond acceptors (Lipinski definition) is 1. The summed E-state index contributed by atoms with van der Waals surface area (Å²) < 4.78 is 0. The third-order valence-electron chi connectivity index (χ3n) is 8.65. The number of benzene rings is 5. The fourth-order valence-corrected chi connectivity index (χ4v) is 6.57. The predicted molar refractivity (Wildman–Crippen MR) is 177 cm³/mol. The van der Waals surface area contributed by atoms with E-state index in [1.165, 1.54) is 55.9 Å². The molecule has 0 aliphatic heterocycles. The molecule has 0 aromatic heterocycles. The first-order chi connectivity index (χ1) is 20.0. The first-order valence-electron chi connectivity index (χ1n) is 14.9. The van der Waals surface area contributed by atoms with E-state index in [-0.39, 0.29) is 11.5 Å². The van der Waals surface area contributed by atoms with Crippen LogP contribution >= 0.6 is 0 Å². The van der Waals surface area contributed by atoms with Gasteiger partial charge in [-0.25, -0.2) is 0 Å². The Kier molecular flexibility index (Phi) is 7.37. The summed E-state index contributed by atoms with van der Waals surface area (Å²) in [5.74, 6) is 0. The van der Waals surface area contributed by atoms with E-state index in [9.17, 15) is 0 Å². The molecule has 0 fully saturated rings. The van der Waals surface area contributed by atoms with Crippen LogP contribution in [0.25, 0.3) is 27.8 Å². The molecular weight excluding hydrogens is 494 g/mol. The smallest absolute Gasteiger partial charge is 0.0416 e. The lowest BCUT2D eigenvalue weighted by molar-refractivity contribution is 0.659. The third-order valence-corrected chi connectivity index (χ3v) is 8.65. The normalized spacial score (nSPS) is 14.3. The summed E-state index contributed by atoms with van der Waals surface area (Å²) in [6.07, 6.45) is 4.37. The van der Waals surface area contributed by atoms with Gasteiger partial charge in [0.05, 0.1) is 0 Å². The zero-order valence-corrected chi connectivity index (χ0v) is 24.6. The second-order valence-corrected chi connectivity index (χ2v) is 11.7. The van der Waals surface area contributed by atoms with Crippen molar-refractivity contribution in [1.82, 2.24) is 0 Å². The van der Waals surface area contributed by atoms with Crippen LogP contribution in [0, 0.1) is 0 Å². The molecule has 1 heteroatoms. The molecule has 1 aliphatic carbocycles. The molecule has 0 bridgehead atoms. The highest BCUT2D eigenvalue weighted by Crippen LogP contribution is 2.50. The van der Waals surface area contributed by atoms with E-state index in [0.717, 1.165) is 12.8 Å². The van der Waals surface area contributed by atoms with Gasteiger partial charge in [0.25, 0.3) is 0 Å². The maximum absolute atomic E-state index is 2.54. The molecule has 0 heterocycles. The highest BCUT2D eigenvalue weighted by molar-refractivity contribution is 5.83. The Hall–Kier alpha value is -4.36. The Labute approximate surface area is 245 Å². The van der Waals surface area contributed by atoms with Crippen LogP contribution in [0.2, 0.25) is 0 Å². The van der Waals surface area contributed by atoms with E-state index >= 15 is 0 Å². The number of nitrogens with zero attached hydrogens (tertiary/aromatic N) is 1. The SMILES string of the molecule is CC/C=C(\CC(C)N(c1ccc(-c2ccccc2)cc1)c1ccc2c(c1)C(C)(C)c1ccccc1-2)c1ccccc1. The fraction of sp³-hybridized carbons (Fsp3) is 0.200. The van der Waals surface area contributed by atoms with Crippen molar-refractivity contribution < 1.29 is 0 Å². The average molecular weight is 534 g/mol. The minimum atomic E-state index is -0.0364. The van der Waals surface area contributed by atoms with Crippen LogP contribution < -0.4 is 4.90 Å². The van der Waals surface area contributed by atoms with Crippen molar-refractivity contribution in [1.29, 1.82) is 0 Å². The zero-order valence-electron chi connectivity index (χ0n) is 24.6. The van der Waals surface area contributed by atoms with Gasteiger partial charge in [0.15, 0.2) is 0 Å². The van der Waals surface area contributed by atoms with Crippen molar-refractivity contribution in [3.05, 3.63) is 150 Å². The summed E-state index contributed by atoms with van der Waals surface area (Å²) in [6.45, 7) is 9.32. The lowest BCUT2D eigenvalue weighted by Gasteiger charge is -2.34. The van der Waals surface area contributed by atoms with Crippen molar-refractivity contribution in [2.45, 2.75) is 52.0 Å². The first-order valence-corrected chi connectivity index (χ1v) is 14.9. The maximum atomic E-state index is 2.54. The highest BCUT2D eigenvalue weighted by Gasteiger charge is 2.35. The third kappa shape index (κ3) is 5.13. The minimum Gasteiger partial charge on any atom is -0.338 e. The summed E-state index contributed by atoms with van der Waals surface area (Å²) >= 11 is 0. The van der Waals surface area contributed by atoms with Gasteiger partial charge in [0.2, 0.25) is 0 Å². The van der Waals surface area contributed by atoms with Gasteiger partial charge in [0.1, 0.15) is 0 Å². The van der Waals surface area contributed by atoms with Gasteiger partial charge in [-0.05, 0) is 88.5 Å². The Morgan fingerprint density at radius 1 is 0.659 bits per heavy atom. The summed E-state index contributed by atoms with van der Waals surface area (Å²) in [5, 5.41) is 0. The van der Waals surface area contributed by atoms with Gasteiger partial charge in [-0.1, -0.05) is 130 Å². The molecule has 41 heavy (non-hydrogen) atoms.